The van der Waals surface area contributed by atoms with Crippen LogP contribution in [-0.4, -0.2) is 0 Å². The second-order valence-electron chi connectivity index (χ2n) is 16.9. The number of benzene rings is 8. The van der Waals surface area contributed by atoms with Gasteiger partial charge in [0.2, 0.25) is 0 Å². The number of hydrogen-bond donors (Lipinski definition) is 4. The first-order valence-corrected chi connectivity index (χ1v) is 21.2. The first-order chi connectivity index (χ1) is 30.6. The van der Waals surface area contributed by atoms with E-state index in [2.05, 4.69) is 90.1 Å². The second kappa shape index (κ2) is 19.1. The van der Waals surface area contributed by atoms with Crippen molar-refractivity contribution in [1.29, 1.82) is 0 Å². The quantitative estimate of drug-likeness (QED) is 0.0891. The topological polar surface area (TPSA) is 141 Å². The maximum absolute atomic E-state index is 6.06. The van der Waals surface area contributed by atoms with Crippen LogP contribution in [0.5, 0.6) is 46.0 Å². The summed E-state index contributed by atoms with van der Waals surface area (Å²) in [6.07, 6.45) is 0. The van der Waals surface area contributed by atoms with Gasteiger partial charge in [-0.2, -0.15) is 0 Å². The lowest BCUT2D eigenvalue weighted by molar-refractivity contribution is 0.477. The lowest BCUT2D eigenvalue weighted by atomic mass is 9.77. The Balaban J connectivity index is 0.000000192. The van der Waals surface area contributed by atoms with Gasteiger partial charge in [-0.1, -0.05) is 76.2 Å². The summed E-state index contributed by atoms with van der Waals surface area (Å²) in [4.78, 5) is 0. The summed E-state index contributed by atoms with van der Waals surface area (Å²) >= 11 is 0. The predicted molar refractivity (Wildman–Crippen MR) is 263 cm³/mol. The SMILES string of the molecule is CC(C)(c1ccc(Oc2ccc(N)cc2)cc1)c1ccc(Oc2ccc(N)cc2)cc1.Cc1cc(C(C)(C)c2ccc(Oc3ccc(N)cc3)c(C)c2)ccc1Oc1ccc(N)cc1. The van der Waals surface area contributed by atoms with Crippen molar-refractivity contribution >= 4 is 22.7 Å². The Kier molecular flexibility index (Phi) is 13.2. The molecule has 0 amide bonds. The molecular weight excluding hydrogens is 793 g/mol. The Morgan fingerprint density at radius 1 is 0.281 bits per heavy atom. The minimum absolute atomic E-state index is 0.167. The Labute approximate surface area is 377 Å². The molecule has 0 aliphatic heterocycles. The molecule has 8 aromatic carbocycles. The zero-order chi connectivity index (χ0) is 45.4. The fourth-order valence-electron chi connectivity index (χ4n) is 7.19. The molecule has 0 aliphatic carbocycles. The van der Waals surface area contributed by atoms with Crippen LogP contribution in [0.15, 0.2) is 182 Å². The van der Waals surface area contributed by atoms with Crippen LogP contribution in [0.4, 0.5) is 22.7 Å². The van der Waals surface area contributed by atoms with E-state index in [9.17, 15) is 0 Å². The van der Waals surface area contributed by atoms with E-state index >= 15 is 0 Å². The van der Waals surface area contributed by atoms with Gasteiger partial charge in [0, 0.05) is 33.6 Å². The Morgan fingerprint density at radius 2 is 0.500 bits per heavy atom. The number of nitrogen functional groups attached to an aromatic ring is 4. The van der Waals surface area contributed by atoms with Crippen molar-refractivity contribution in [2.75, 3.05) is 22.9 Å². The average molecular weight is 849 g/mol. The molecule has 8 rings (SSSR count). The molecule has 0 aliphatic rings. The van der Waals surface area contributed by atoms with E-state index in [4.69, 9.17) is 41.9 Å². The zero-order valence-electron chi connectivity index (χ0n) is 37.3. The van der Waals surface area contributed by atoms with Crippen LogP contribution >= 0.6 is 0 Å². The summed E-state index contributed by atoms with van der Waals surface area (Å²) in [5, 5.41) is 0. The molecule has 8 nitrogen and oxygen atoms in total. The molecule has 0 heterocycles. The first-order valence-electron chi connectivity index (χ1n) is 21.2. The van der Waals surface area contributed by atoms with Gasteiger partial charge in [0.15, 0.2) is 0 Å². The predicted octanol–water partition coefficient (Wildman–Crippen LogP) is 14.1. The van der Waals surface area contributed by atoms with Crippen molar-refractivity contribution in [3.8, 4) is 46.0 Å². The maximum Gasteiger partial charge on any atom is 0.130 e. The summed E-state index contributed by atoms with van der Waals surface area (Å²) < 4.78 is 23.9. The summed E-state index contributed by atoms with van der Waals surface area (Å²) in [5.41, 5.74) is 32.5. The van der Waals surface area contributed by atoms with Gasteiger partial charge in [0.25, 0.3) is 0 Å². The van der Waals surface area contributed by atoms with Crippen LogP contribution in [0.2, 0.25) is 0 Å². The highest BCUT2D eigenvalue weighted by Crippen LogP contribution is 2.38. The Hall–Kier alpha value is -7.84. The average Bonchev–Trinajstić information content (AvgIpc) is 3.28. The molecular formula is C56H56N4O4. The number of rotatable bonds is 12. The summed E-state index contributed by atoms with van der Waals surface area (Å²) in [6.45, 7) is 13.0. The normalized spacial score (nSPS) is 11.2. The first kappa shape index (κ1) is 44.2. The van der Waals surface area contributed by atoms with Gasteiger partial charge in [-0.3, -0.25) is 0 Å². The third kappa shape index (κ3) is 11.0. The smallest absolute Gasteiger partial charge is 0.130 e. The standard InChI is InChI=1S/C29H30N2O2.C27H26N2O2/c1-19-17-21(5-15-27(19)32-25-11-7-23(30)8-12-25)29(3,4)22-6-16-28(20(2)18-22)33-26-13-9-24(31)10-14-26;1-27(2,19-3-11-23(12-4-19)30-25-15-7-21(28)8-16-25)20-5-13-24(14-6-20)31-26-17-9-22(29)10-18-26/h5-18H,30-31H2,1-4H3;3-18H,28-29H2,1-2H3. The minimum atomic E-state index is -0.186. The van der Waals surface area contributed by atoms with Crippen LogP contribution < -0.4 is 41.9 Å². The number of anilines is 4. The second-order valence-corrected chi connectivity index (χ2v) is 16.9. The van der Waals surface area contributed by atoms with E-state index in [0.717, 1.165) is 68.5 Å². The van der Waals surface area contributed by atoms with E-state index in [-0.39, 0.29) is 10.8 Å². The molecule has 8 aromatic rings. The molecule has 0 atom stereocenters. The molecule has 0 fully saturated rings. The fourth-order valence-corrected chi connectivity index (χ4v) is 7.19. The zero-order valence-corrected chi connectivity index (χ0v) is 37.3. The molecule has 324 valence electrons. The van der Waals surface area contributed by atoms with Crippen molar-refractivity contribution in [1.82, 2.24) is 0 Å². The fraction of sp³-hybridized carbons (Fsp3) is 0.143. The third-order valence-corrected chi connectivity index (χ3v) is 11.4. The van der Waals surface area contributed by atoms with Crippen molar-refractivity contribution in [2.45, 2.75) is 52.4 Å². The third-order valence-electron chi connectivity index (χ3n) is 11.4. The highest BCUT2D eigenvalue weighted by atomic mass is 16.5. The van der Waals surface area contributed by atoms with Gasteiger partial charge in [-0.05, 0) is 181 Å². The highest BCUT2D eigenvalue weighted by Gasteiger charge is 2.25. The van der Waals surface area contributed by atoms with Gasteiger partial charge in [-0.15, -0.1) is 0 Å². The van der Waals surface area contributed by atoms with E-state index in [1.807, 2.05) is 133 Å². The highest BCUT2D eigenvalue weighted by molar-refractivity contribution is 5.51. The van der Waals surface area contributed by atoms with Crippen LogP contribution in [0.1, 0.15) is 61.1 Å². The van der Waals surface area contributed by atoms with Crippen molar-refractivity contribution in [3.05, 3.63) is 215 Å². The number of aryl methyl sites for hydroxylation is 2. The van der Waals surface area contributed by atoms with Gasteiger partial charge >= 0.3 is 0 Å². The van der Waals surface area contributed by atoms with Crippen molar-refractivity contribution in [3.63, 3.8) is 0 Å². The van der Waals surface area contributed by atoms with E-state index in [1.54, 1.807) is 0 Å². The monoisotopic (exact) mass is 848 g/mol. The number of nitrogens with two attached hydrogens (primary N) is 4. The van der Waals surface area contributed by atoms with Crippen LogP contribution in [0.25, 0.3) is 0 Å². The molecule has 0 spiro atoms. The van der Waals surface area contributed by atoms with E-state index < -0.39 is 0 Å². The van der Waals surface area contributed by atoms with E-state index in [1.165, 1.54) is 22.3 Å². The minimum Gasteiger partial charge on any atom is -0.457 e. The number of hydrogen-bond acceptors (Lipinski definition) is 8. The molecule has 8 heteroatoms. The van der Waals surface area contributed by atoms with Crippen LogP contribution in [-0.2, 0) is 10.8 Å². The van der Waals surface area contributed by atoms with Crippen LogP contribution in [0, 0.1) is 13.8 Å². The molecule has 0 aromatic heterocycles. The summed E-state index contributed by atoms with van der Waals surface area (Å²) in [5.74, 6) is 6.31. The summed E-state index contributed by atoms with van der Waals surface area (Å²) in [6, 6.07) is 58.7. The molecule has 0 bridgehead atoms. The lowest BCUT2D eigenvalue weighted by Crippen LogP contribution is -2.19. The van der Waals surface area contributed by atoms with Crippen LogP contribution in [0.3, 0.4) is 0 Å². The van der Waals surface area contributed by atoms with Gasteiger partial charge in [0.1, 0.15) is 46.0 Å². The van der Waals surface area contributed by atoms with Gasteiger partial charge < -0.3 is 41.9 Å². The molecule has 0 radical (unpaired) electrons. The molecule has 0 unspecified atom stereocenters. The van der Waals surface area contributed by atoms with Crippen molar-refractivity contribution < 1.29 is 18.9 Å². The molecule has 8 N–H and O–H groups in total. The Morgan fingerprint density at radius 3 is 0.766 bits per heavy atom. The number of ether oxygens (including phenoxy) is 4. The summed E-state index contributed by atoms with van der Waals surface area (Å²) in [7, 11) is 0. The van der Waals surface area contributed by atoms with Gasteiger partial charge in [-0.25, -0.2) is 0 Å². The molecule has 0 saturated carbocycles. The lowest BCUT2D eigenvalue weighted by Gasteiger charge is -2.28. The van der Waals surface area contributed by atoms with E-state index in [0.29, 0.717) is 11.4 Å². The largest absolute Gasteiger partial charge is 0.457 e. The van der Waals surface area contributed by atoms with Gasteiger partial charge in [0.05, 0.1) is 0 Å². The Bertz CT molecular complexity index is 2590. The maximum atomic E-state index is 6.06. The molecule has 64 heavy (non-hydrogen) atoms. The molecule has 0 saturated heterocycles. The van der Waals surface area contributed by atoms with Crippen molar-refractivity contribution in [2.24, 2.45) is 0 Å².